The number of benzene rings is 2. The number of aliphatic hydroxyl groups excluding tert-OH is 1. The number of rotatable bonds is 11. The van der Waals surface area contributed by atoms with Crippen molar-refractivity contribution in [2.45, 2.75) is 10.9 Å². The molecule has 0 bridgehead atoms. The molecule has 0 aliphatic heterocycles. The second kappa shape index (κ2) is 12.1. The number of nitrogens with one attached hydrogen (secondary N) is 2. The van der Waals surface area contributed by atoms with Gasteiger partial charge in [-0.2, -0.15) is 0 Å². The van der Waals surface area contributed by atoms with Crippen LogP contribution in [0.25, 0.3) is 0 Å². The van der Waals surface area contributed by atoms with Crippen molar-refractivity contribution >= 4 is 29.3 Å². The van der Waals surface area contributed by atoms with E-state index in [1.165, 1.54) is 26.0 Å². The van der Waals surface area contributed by atoms with Gasteiger partial charge in [-0.05, 0) is 24.3 Å². The molecule has 9 heteroatoms. The molecular weight excluding hydrogens is 408 g/mol. The number of aliphatic hydroxyl groups is 1. The van der Waals surface area contributed by atoms with Gasteiger partial charge in [-0.25, -0.2) is 0 Å². The minimum atomic E-state index is -0.506. The number of anilines is 1. The van der Waals surface area contributed by atoms with Gasteiger partial charge < -0.3 is 30.0 Å². The molecule has 1 atom stereocenters. The average molecular weight is 435 g/mol. The standard InChI is InChI=1S/C21H26N2O6S/c1-27-12-15(11-24)23-21(26)16-6-4-5-7-19(16)30-13-20(25)22-14-8-9-17(28-2)18(10-14)29-3/h4-10,15,24H,11-13H2,1-3H3,(H,22,25)(H,23,26)/t15-/m0/s1. The highest BCUT2D eigenvalue weighted by atomic mass is 32.2. The average Bonchev–Trinajstić information content (AvgIpc) is 2.77. The Morgan fingerprint density at radius 3 is 2.47 bits per heavy atom. The first kappa shape index (κ1) is 23.5. The van der Waals surface area contributed by atoms with Crippen molar-refractivity contribution in [3.63, 3.8) is 0 Å². The van der Waals surface area contributed by atoms with Crippen molar-refractivity contribution in [2.24, 2.45) is 0 Å². The van der Waals surface area contributed by atoms with Crippen molar-refractivity contribution < 1.29 is 28.9 Å². The van der Waals surface area contributed by atoms with Gasteiger partial charge in [0.25, 0.3) is 5.91 Å². The third-order valence-electron chi connectivity index (χ3n) is 4.08. The first-order valence-electron chi connectivity index (χ1n) is 9.16. The summed E-state index contributed by atoms with van der Waals surface area (Å²) in [5.41, 5.74) is 1.01. The summed E-state index contributed by atoms with van der Waals surface area (Å²) in [4.78, 5) is 25.6. The zero-order chi connectivity index (χ0) is 21.9. The van der Waals surface area contributed by atoms with Gasteiger partial charge in [0.2, 0.25) is 5.91 Å². The highest BCUT2D eigenvalue weighted by Crippen LogP contribution is 2.30. The molecule has 8 nitrogen and oxygen atoms in total. The van der Waals surface area contributed by atoms with E-state index in [-0.39, 0.29) is 30.8 Å². The van der Waals surface area contributed by atoms with Crippen LogP contribution in [0, 0.1) is 0 Å². The SMILES string of the molecule is COC[C@H](CO)NC(=O)c1ccccc1SCC(=O)Nc1ccc(OC)c(OC)c1. The van der Waals surface area contributed by atoms with Crippen LogP contribution in [0.15, 0.2) is 47.4 Å². The number of ether oxygens (including phenoxy) is 3. The number of hydrogen-bond donors (Lipinski definition) is 3. The first-order chi connectivity index (χ1) is 14.5. The molecule has 0 saturated heterocycles. The summed E-state index contributed by atoms with van der Waals surface area (Å²) in [5.74, 6) is 0.628. The molecule has 162 valence electrons. The lowest BCUT2D eigenvalue weighted by molar-refractivity contribution is -0.113. The number of hydrogen-bond acceptors (Lipinski definition) is 7. The van der Waals surface area contributed by atoms with Gasteiger partial charge >= 0.3 is 0 Å². The molecule has 2 aromatic rings. The van der Waals surface area contributed by atoms with E-state index in [9.17, 15) is 14.7 Å². The molecule has 0 spiro atoms. The Morgan fingerprint density at radius 1 is 1.07 bits per heavy atom. The Hall–Kier alpha value is -2.75. The summed E-state index contributed by atoms with van der Waals surface area (Å²) in [5, 5.41) is 14.9. The van der Waals surface area contributed by atoms with Crippen LogP contribution in [0.2, 0.25) is 0 Å². The smallest absolute Gasteiger partial charge is 0.252 e. The molecule has 2 aromatic carbocycles. The van der Waals surface area contributed by atoms with E-state index in [4.69, 9.17) is 14.2 Å². The second-order valence-electron chi connectivity index (χ2n) is 6.21. The fourth-order valence-electron chi connectivity index (χ4n) is 2.64. The lowest BCUT2D eigenvalue weighted by Crippen LogP contribution is -2.40. The Kier molecular flexibility index (Phi) is 9.46. The normalized spacial score (nSPS) is 11.5. The number of thioether (sulfide) groups is 1. The Bertz CT molecular complexity index is 861. The van der Waals surface area contributed by atoms with Crippen LogP contribution in [0.1, 0.15) is 10.4 Å². The van der Waals surface area contributed by atoms with E-state index in [1.807, 2.05) is 0 Å². The number of carbonyl (C=O) groups excluding carboxylic acids is 2. The van der Waals surface area contributed by atoms with Gasteiger partial charge in [-0.3, -0.25) is 9.59 Å². The van der Waals surface area contributed by atoms with Crippen LogP contribution in [-0.4, -0.2) is 63.3 Å². The first-order valence-corrected chi connectivity index (χ1v) is 10.1. The summed E-state index contributed by atoms with van der Waals surface area (Å²) in [6.07, 6.45) is 0. The van der Waals surface area contributed by atoms with Crippen LogP contribution in [-0.2, 0) is 9.53 Å². The topological polar surface area (TPSA) is 106 Å². The van der Waals surface area contributed by atoms with Gasteiger partial charge in [0.1, 0.15) is 0 Å². The molecule has 0 saturated carbocycles. The maximum Gasteiger partial charge on any atom is 0.252 e. The van der Waals surface area contributed by atoms with Crippen molar-refractivity contribution in [3.05, 3.63) is 48.0 Å². The van der Waals surface area contributed by atoms with Crippen LogP contribution in [0.5, 0.6) is 11.5 Å². The molecule has 0 unspecified atom stereocenters. The fraction of sp³-hybridized carbons (Fsp3) is 0.333. The number of carbonyl (C=O) groups is 2. The van der Waals surface area contributed by atoms with Crippen molar-refractivity contribution in [1.29, 1.82) is 0 Å². The van der Waals surface area contributed by atoms with Crippen molar-refractivity contribution in [3.8, 4) is 11.5 Å². The summed E-state index contributed by atoms with van der Waals surface area (Å²) in [6.45, 7) is -0.0338. The molecule has 0 fully saturated rings. The van der Waals surface area contributed by atoms with E-state index < -0.39 is 6.04 Å². The molecule has 0 aromatic heterocycles. The number of amides is 2. The number of methoxy groups -OCH3 is 3. The van der Waals surface area contributed by atoms with Gasteiger partial charge in [0.15, 0.2) is 11.5 Å². The predicted octanol–water partition coefficient (Wildman–Crippen LogP) is 2.17. The fourth-order valence-corrected chi connectivity index (χ4v) is 3.49. The van der Waals surface area contributed by atoms with E-state index in [1.54, 1.807) is 49.6 Å². The van der Waals surface area contributed by atoms with E-state index in [0.717, 1.165) is 0 Å². The molecule has 0 aliphatic carbocycles. The molecular formula is C21H26N2O6S. The summed E-state index contributed by atoms with van der Waals surface area (Å²) in [6, 6.07) is 11.6. The van der Waals surface area contributed by atoms with Gasteiger partial charge in [-0.15, -0.1) is 11.8 Å². The monoisotopic (exact) mass is 434 g/mol. The molecule has 30 heavy (non-hydrogen) atoms. The summed E-state index contributed by atoms with van der Waals surface area (Å²) >= 11 is 1.25. The van der Waals surface area contributed by atoms with Crippen LogP contribution < -0.4 is 20.1 Å². The highest BCUT2D eigenvalue weighted by molar-refractivity contribution is 8.00. The molecule has 0 radical (unpaired) electrons. The quantitative estimate of drug-likeness (QED) is 0.466. The third-order valence-corrected chi connectivity index (χ3v) is 5.15. The minimum Gasteiger partial charge on any atom is -0.493 e. The molecule has 3 N–H and O–H groups in total. The van der Waals surface area contributed by atoms with Crippen LogP contribution >= 0.6 is 11.8 Å². The van der Waals surface area contributed by atoms with Crippen LogP contribution in [0.4, 0.5) is 5.69 Å². The molecule has 2 amide bonds. The zero-order valence-corrected chi connectivity index (χ0v) is 18.0. The largest absolute Gasteiger partial charge is 0.493 e. The van der Waals surface area contributed by atoms with Crippen LogP contribution in [0.3, 0.4) is 0 Å². The third kappa shape index (κ3) is 6.65. The van der Waals surface area contributed by atoms with Gasteiger partial charge in [0, 0.05) is 23.8 Å². The second-order valence-corrected chi connectivity index (χ2v) is 7.23. The van der Waals surface area contributed by atoms with Gasteiger partial charge in [0.05, 0.1) is 44.8 Å². The molecule has 0 heterocycles. The lowest BCUT2D eigenvalue weighted by Gasteiger charge is -2.16. The molecule has 2 rings (SSSR count). The van der Waals surface area contributed by atoms with Gasteiger partial charge in [-0.1, -0.05) is 12.1 Å². The highest BCUT2D eigenvalue weighted by Gasteiger charge is 2.17. The van der Waals surface area contributed by atoms with Crippen molar-refractivity contribution in [1.82, 2.24) is 5.32 Å². The van der Waals surface area contributed by atoms with E-state index in [0.29, 0.717) is 27.6 Å². The predicted molar refractivity (Wildman–Crippen MR) is 116 cm³/mol. The molecule has 0 aliphatic rings. The minimum absolute atomic E-state index is 0.111. The van der Waals surface area contributed by atoms with E-state index >= 15 is 0 Å². The van der Waals surface area contributed by atoms with Crippen molar-refractivity contribution in [2.75, 3.05) is 45.6 Å². The van der Waals surface area contributed by atoms with E-state index in [2.05, 4.69) is 10.6 Å². The Balaban J connectivity index is 2.00. The Labute approximate surface area is 179 Å². The summed E-state index contributed by atoms with van der Waals surface area (Å²) in [7, 11) is 4.56. The Morgan fingerprint density at radius 2 is 1.80 bits per heavy atom. The maximum atomic E-state index is 12.6. The lowest BCUT2D eigenvalue weighted by atomic mass is 10.2. The maximum absolute atomic E-state index is 12.6. The zero-order valence-electron chi connectivity index (χ0n) is 17.1. The summed E-state index contributed by atoms with van der Waals surface area (Å²) < 4.78 is 15.4.